The molecule has 1 aromatic heterocycles. The fourth-order valence-corrected chi connectivity index (χ4v) is 3.11. The van der Waals surface area contributed by atoms with Crippen LogP contribution in [-0.4, -0.2) is 44.7 Å². The van der Waals surface area contributed by atoms with E-state index in [1.165, 1.54) is 11.3 Å². The van der Waals surface area contributed by atoms with Crippen molar-refractivity contribution < 1.29 is 14.3 Å². The van der Waals surface area contributed by atoms with Gasteiger partial charge in [-0.05, 0) is 39.1 Å². The van der Waals surface area contributed by atoms with E-state index in [2.05, 4.69) is 15.6 Å². The van der Waals surface area contributed by atoms with E-state index in [9.17, 15) is 4.79 Å². The second-order valence-corrected chi connectivity index (χ2v) is 6.40. The van der Waals surface area contributed by atoms with Crippen LogP contribution in [0.4, 0.5) is 0 Å². The molecule has 1 atom stereocenters. The SMILES string of the molecule is CNC(C)CNC(=O)c1sc(-c2ccc(OC)c(OC)c2)nc1C. The third kappa shape index (κ3) is 4.04. The van der Waals surface area contributed by atoms with Crippen molar-refractivity contribution in [2.75, 3.05) is 27.8 Å². The summed E-state index contributed by atoms with van der Waals surface area (Å²) in [4.78, 5) is 17.5. The monoisotopic (exact) mass is 349 g/mol. The summed E-state index contributed by atoms with van der Waals surface area (Å²) in [5.41, 5.74) is 1.61. The summed E-state index contributed by atoms with van der Waals surface area (Å²) >= 11 is 1.37. The lowest BCUT2D eigenvalue weighted by atomic mass is 10.2. The number of hydrogen-bond donors (Lipinski definition) is 2. The average molecular weight is 349 g/mol. The number of aryl methyl sites for hydroxylation is 1. The van der Waals surface area contributed by atoms with E-state index in [1.54, 1.807) is 14.2 Å². The molecule has 0 aliphatic heterocycles. The smallest absolute Gasteiger partial charge is 0.263 e. The molecule has 0 aliphatic rings. The van der Waals surface area contributed by atoms with E-state index in [1.807, 2.05) is 39.1 Å². The number of nitrogens with one attached hydrogen (secondary N) is 2. The first-order chi connectivity index (χ1) is 11.5. The van der Waals surface area contributed by atoms with E-state index >= 15 is 0 Å². The van der Waals surface area contributed by atoms with Crippen LogP contribution in [0, 0.1) is 6.92 Å². The minimum absolute atomic E-state index is 0.0983. The lowest BCUT2D eigenvalue weighted by Crippen LogP contribution is -2.37. The molecule has 130 valence electrons. The minimum Gasteiger partial charge on any atom is -0.493 e. The average Bonchev–Trinajstić information content (AvgIpc) is 3.00. The molecule has 2 rings (SSSR count). The maximum Gasteiger partial charge on any atom is 0.263 e. The van der Waals surface area contributed by atoms with Crippen LogP contribution in [0.1, 0.15) is 22.3 Å². The van der Waals surface area contributed by atoms with Gasteiger partial charge in [-0.3, -0.25) is 4.79 Å². The third-order valence-corrected chi connectivity index (χ3v) is 4.90. The standard InChI is InChI=1S/C17H23N3O3S/c1-10(18-3)9-19-16(21)15-11(2)20-17(24-15)12-6-7-13(22-4)14(8-12)23-5/h6-8,10,18H,9H2,1-5H3,(H,19,21). The molecule has 0 saturated carbocycles. The number of amides is 1. The van der Waals surface area contributed by atoms with Crippen LogP contribution in [0.5, 0.6) is 11.5 Å². The van der Waals surface area contributed by atoms with E-state index < -0.39 is 0 Å². The van der Waals surface area contributed by atoms with Crippen molar-refractivity contribution in [3.05, 3.63) is 28.8 Å². The quantitative estimate of drug-likeness (QED) is 0.803. The predicted molar refractivity (Wildman–Crippen MR) is 96.2 cm³/mol. The highest BCUT2D eigenvalue weighted by atomic mass is 32.1. The molecule has 6 nitrogen and oxygen atoms in total. The van der Waals surface area contributed by atoms with Crippen molar-refractivity contribution in [3.8, 4) is 22.1 Å². The molecule has 7 heteroatoms. The van der Waals surface area contributed by atoms with Gasteiger partial charge in [-0.2, -0.15) is 0 Å². The van der Waals surface area contributed by atoms with Crippen LogP contribution in [0.3, 0.4) is 0 Å². The number of carbonyl (C=O) groups is 1. The van der Waals surface area contributed by atoms with Crippen molar-refractivity contribution in [1.82, 2.24) is 15.6 Å². The van der Waals surface area contributed by atoms with Crippen molar-refractivity contribution in [1.29, 1.82) is 0 Å². The molecule has 0 bridgehead atoms. The van der Waals surface area contributed by atoms with Gasteiger partial charge in [0.25, 0.3) is 5.91 Å². The number of thiazole rings is 1. The summed E-state index contributed by atoms with van der Waals surface area (Å²) in [5, 5.41) is 6.79. The van der Waals surface area contributed by atoms with Crippen molar-refractivity contribution in [3.63, 3.8) is 0 Å². The van der Waals surface area contributed by atoms with Crippen LogP contribution in [0.15, 0.2) is 18.2 Å². The van der Waals surface area contributed by atoms with Crippen LogP contribution in [0.25, 0.3) is 10.6 Å². The molecule has 2 aromatic rings. The molecule has 0 saturated heterocycles. The second-order valence-electron chi connectivity index (χ2n) is 5.40. The number of hydrogen-bond acceptors (Lipinski definition) is 6. The Bertz CT molecular complexity index is 715. The zero-order valence-electron chi connectivity index (χ0n) is 14.6. The van der Waals surface area contributed by atoms with Crippen LogP contribution in [0.2, 0.25) is 0 Å². The van der Waals surface area contributed by atoms with E-state index in [-0.39, 0.29) is 11.9 Å². The Labute approximate surface area is 146 Å². The zero-order chi connectivity index (χ0) is 17.7. The number of nitrogens with zero attached hydrogens (tertiary/aromatic N) is 1. The summed E-state index contributed by atoms with van der Waals surface area (Å²) in [5.74, 6) is 1.20. The number of ether oxygens (including phenoxy) is 2. The first kappa shape index (κ1) is 18.2. The maximum atomic E-state index is 12.3. The number of benzene rings is 1. The molecule has 1 aromatic carbocycles. The largest absolute Gasteiger partial charge is 0.493 e. The van der Waals surface area contributed by atoms with Gasteiger partial charge in [0.2, 0.25) is 0 Å². The van der Waals surface area contributed by atoms with Gasteiger partial charge in [0, 0.05) is 18.2 Å². The Morgan fingerprint density at radius 2 is 2.00 bits per heavy atom. The van der Waals surface area contributed by atoms with Crippen molar-refractivity contribution in [2.45, 2.75) is 19.9 Å². The number of aromatic nitrogens is 1. The molecule has 1 amide bonds. The molecule has 0 aliphatic carbocycles. The molecule has 0 spiro atoms. The number of methoxy groups -OCH3 is 2. The van der Waals surface area contributed by atoms with E-state index in [0.29, 0.717) is 22.9 Å². The molecule has 2 N–H and O–H groups in total. The first-order valence-corrected chi connectivity index (χ1v) is 8.47. The van der Waals surface area contributed by atoms with Crippen molar-refractivity contribution >= 4 is 17.2 Å². The molecule has 0 radical (unpaired) electrons. The van der Waals surface area contributed by atoms with Gasteiger partial charge in [0.1, 0.15) is 9.88 Å². The molecule has 24 heavy (non-hydrogen) atoms. The van der Waals surface area contributed by atoms with Crippen LogP contribution < -0.4 is 20.1 Å². The molecular formula is C17H23N3O3S. The van der Waals surface area contributed by atoms with Gasteiger partial charge in [0.15, 0.2) is 11.5 Å². The lowest BCUT2D eigenvalue weighted by molar-refractivity contribution is 0.0954. The van der Waals surface area contributed by atoms with E-state index in [4.69, 9.17) is 9.47 Å². The first-order valence-electron chi connectivity index (χ1n) is 7.65. The second kappa shape index (κ2) is 8.12. The topological polar surface area (TPSA) is 72.5 Å². The Kier molecular flexibility index (Phi) is 6.16. The Morgan fingerprint density at radius 3 is 2.62 bits per heavy atom. The third-order valence-electron chi connectivity index (χ3n) is 3.69. The lowest BCUT2D eigenvalue weighted by Gasteiger charge is -2.10. The van der Waals surface area contributed by atoms with Gasteiger partial charge in [-0.15, -0.1) is 11.3 Å². The van der Waals surface area contributed by atoms with Crippen LogP contribution in [-0.2, 0) is 0 Å². The van der Waals surface area contributed by atoms with Crippen molar-refractivity contribution in [2.24, 2.45) is 0 Å². The fourth-order valence-electron chi connectivity index (χ4n) is 2.13. The van der Waals surface area contributed by atoms with Gasteiger partial charge in [-0.25, -0.2) is 4.98 Å². The Morgan fingerprint density at radius 1 is 1.29 bits per heavy atom. The van der Waals surface area contributed by atoms with E-state index in [0.717, 1.165) is 16.3 Å². The zero-order valence-corrected chi connectivity index (χ0v) is 15.4. The maximum absolute atomic E-state index is 12.3. The molecule has 1 unspecified atom stereocenters. The highest BCUT2D eigenvalue weighted by Crippen LogP contribution is 2.34. The molecule has 1 heterocycles. The summed E-state index contributed by atoms with van der Waals surface area (Å²) in [6.07, 6.45) is 0. The summed E-state index contributed by atoms with van der Waals surface area (Å²) < 4.78 is 10.6. The fraction of sp³-hybridized carbons (Fsp3) is 0.412. The number of likely N-dealkylation sites (N-methyl/N-ethyl adjacent to an activating group) is 1. The van der Waals surface area contributed by atoms with Gasteiger partial charge in [-0.1, -0.05) is 0 Å². The molecular weight excluding hydrogens is 326 g/mol. The minimum atomic E-state index is -0.0983. The predicted octanol–water partition coefficient (Wildman–Crippen LogP) is 2.47. The van der Waals surface area contributed by atoms with Gasteiger partial charge >= 0.3 is 0 Å². The van der Waals surface area contributed by atoms with Crippen LogP contribution >= 0.6 is 11.3 Å². The summed E-state index contributed by atoms with van der Waals surface area (Å²) in [7, 11) is 5.06. The highest BCUT2D eigenvalue weighted by Gasteiger charge is 2.17. The summed E-state index contributed by atoms with van der Waals surface area (Å²) in [6, 6.07) is 5.82. The van der Waals surface area contributed by atoms with Gasteiger partial charge < -0.3 is 20.1 Å². The number of carbonyl (C=O) groups excluding carboxylic acids is 1. The summed E-state index contributed by atoms with van der Waals surface area (Å²) in [6.45, 7) is 4.42. The normalized spacial score (nSPS) is 11.9. The Hall–Kier alpha value is -2.12. The van der Waals surface area contributed by atoms with Gasteiger partial charge in [0.05, 0.1) is 19.9 Å². The highest BCUT2D eigenvalue weighted by molar-refractivity contribution is 7.17. The molecule has 0 fully saturated rings. The number of rotatable bonds is 7. The Balaban J connectivity index is 2.23.